The summed E-state index contributed by atoms with van der Waals surface area (Å²) in [7, 11) is 0. The maximum Gasteiger partial charge on any atom is 0.315 e. The fraction of sp³-hybridized carbons (Fsp3) is 0.0952. The Balaban J connectivity index is 1.46. The predicted octanol–water partition coefficient (Wildman–Crippen LogP) is 2.50. The van der Waals surface area contributed by atoms with Crippen LogP contribution in [-0.2, 0) is 13.1 Å². The first kappa shape index (κ1) is 19.7. The Kier molecular flexibility index (Phi) is 6.26. The van der Waals surface area contributed by atoms with Gasteiger partial charge in [0.25, 0.3) is 5.91 Å². The molecule has 0 atom stereocenters. The lowest BCUT2D eigenvalue weighted by molar-refractivity contribution is 0.102. The van der Waals surface area contributed by atoms with Crippen molar-refractivity contribution in [2.45, 2.75) is 13.1 Å². The second-order valence-corrected chi connectivity index (χ2v) is 6.40. The first-order valence-corrected chi connectivity index (χ1v) is 8.97. The van der Waals surface area contributed by atoms with Crippen LogP contribution in [0.2, 0.25) is 0 Å². The first-order valence-electron chi connectivity index (χ1n) is 8.97. The van der Waals surface area contributed by atoms with Crippen LogP contribution in [0.3, 0.4) is 0 Å². The normalized spacial score (nSPS) is 10.2. The number of hydrogen-bond donors (Lipinski definition) is 5. The zero-order valence-electron chi connectivity index (χ0n) is 15.7. The summed E-state index contributed by atoms with van der Waals surface area (Å²) < 4.78 is 0. The zero-order valence-corrected chi connectivity index (χ0v) is 15.7. The molecule has 0 aliphatic carbocycles. The van der Waals surface area contributed by atoms with E-state index in [2.05, 4.69) is 20.9 Å². The number of hydrogen-bond acceptors (Lipinski definition) is 5. The largest absolute Gasteiger partial charge is 0.399 e. The summed E-state index contributed by atoms with van der Waals surface area (Å²) in [5, 5.41) is 8.32. The van der Waals surface area contributed by atoms with Crippen molar-refractivity contribution in [1.29, 1.82) is 0 Å². The molecule has 0 spiro atoms. The molecular weight excluding hydrogens is 368 g/mol. The van der Waals surface area contributed by atoms with Crippen LogP contribution in [0, 0.1) is 0 Å². The number of nitrogens with two attached hydrogens (primary N) is 2. The Morgan fingerprint density at radius 1 is 0.828 bits per heavy atom. The number of anilines is 3. The van der Waals surface area contributed by atoms with Gasteiger partial charge in [0.15, 0.2) is 0 Å². The molecular formula is C21H22N6O2. The third-order valence-electron chi connectivity index (χ3n) is 4.14. The van der Waals surface area contributed by atoms with E-state index in [1.165, 1.54) is 6.20 Å². The lowest BCUT2D eigenvalue weighted by Crippen LogP contribution is -2.34. The monoisotopic (exact) mass is 390 g/mol. The van der Waals surface area contributed by atoms with Crippen molar-refractivity contribution in [3.05, 3.63) is 83.6 Å². The van der Waals surface area contributed by atoms with Gasteiger partial charge in [-0.2, -0.15) is 0 Å². The topological polar surface area (TPSA) is 135 Å². The van der Waals surface area contributed by atoms with Crippen molar-refractivity contribution in [1.82, 2.24) is 15.6 Å². The Labute approximate surface area is 168 Å². The van der Waals surface area contributed by atoms with E-state index in [1.54, 1.807) is 48.5 Å². The molecule has 0 aliphatic heterocycles. The van der Waals surface area contributed by atoms with Gasteiger partial charge in [-0.1, -0.05) is 24.3 Å². The number of nitrogens with zero attached hydrogens (tertiary/aromatic N) is 1. The van der Waals surface area contributed by atoms with Gasteiger partial charge in [-0.05, 0) is 41.5 Å². The summed E-state index contributed by atoms with van der Waals surface area (Å²) in [4.78, 5) is 28.1. The van der Waals surface area contributed by atoms with E-state index in [0.717, 1.165) is 11.1 Å². The molecule has 3 rings (SSSR count). The number of nitrogen functional groups attached to an aromatic ring is 2. The molecule has 0 radical (unpaired) electrons. The van der Waals surface area contributed by atoms with Crippen LogP contribution >= 0.6 is 0 Å². The maximum atomic E-state index is 12.3. The minimum Gasteiger partial charge on any atom is -0.399 e. The first-order chi connectivity index (χ1) is 14.0. The Morgan fingerprint density at radius 3 is 2.00 bits per heavy atom. The minimum absolute atomic E-state index is 0.253. The van der Waals surface area contributed by atoms with Crippen molar-refractivity contribution < 1.29 is 9.59 Å². The maximum absolute atomic E-state index is 12.3. The average Bonchev–Trinajstić information content (AvgIpc) is 2.72. The van der Waals surface area contributed by atoms with E-state index in [1.807, 2.05) is 12.1 Å². The summed E-state index contributed by atoms with van der Waals surface area (Å²) in [6.45, 7) is 0.751. The second kappa shape index (κ2) is 9.23. The lowest BCUT2D eigenvalue weighted by atomic mass is 10.1. The molecule has 3 amide bonds. The molecule has 0 unspecified atom stereocenters. The van der Waals surface area contributed by atoms with E-state index >= 15 is 0 Å². The molecule has 2 aromatic carbocycles. The molecule has 29 heavy (non-hydrogen) atoms. The Bertz CT molecular complexity index is 987. The van der Waals surface area contributed by atoms with E-state index in [9.17, 15) is 9.59 Å². The number of aromatic nitrogens is 1. The van der Waals surface area contributed by atoms with Gasteiger partial charge in [0, 0.05) is 42.3 Å². The fourth-order valence-electron chi connectivity index (χ4n) is 2.57. The highest BCUT2D eigenvalue weighted by molar-refractivity contribution is 6.04. The van der Waals surface area contributed by atoms with Gasteiger partial charge in [0.1, 0.15) is 5.82 Å². The van der Waals surface area contributed by atoms with Gasteiger partial charge in [0.2, 0.25) is 0 Å². The molecule has 8 heteroatoms. The summed E-state index contributed by atoms with van der Waals surface area (Å²) in [6.07, 6.45) is 1.53. The molecule has 0 bridgehead atoms. The summed E-state index contributed by atoms with van der Waals surface area (Å²) in [5.74, 6) is 0.0789. The Hall–Kier alpha value is -4.07. The smallest absolute Gasteiger partial charge is 0.315 e. The Morgan fingerprint density at radius 2 is 1.41 bits per heavy atom. The number of rotatable bonds is 6. The van der Waals surface area contributed by atoms with Crippen molar-refractivity contribution >= 4 is 29.1 Å². The summed E-state index contributed by atoms with van der Waals surface area (Å²) in [6, 6.07) is 17.2. The van der Waals surface area contributed by atoms with Crippen molar-refractivity contribution in [3.63, 3.8) is 0 Å². The molecule has 7 N–H and O–H groups in total. The highest BCUT2D eigenvalue weighted by Gasteiger charge is 2.07. The number of nitrogens with one attached hydrogen (secondary N) is 3. The highest BCUT2D eigenvalue weighted by atomic mass is 16.2. The summed E-state index contributed by atoms with van der Waals surface area (Å²) >= 11 is 0. The van der Waals surface area contributed by atoms with Gasteiger partial charge < -0.3 is 27.4 Å². The van der Waals surface area contributed by atoms with Crippen molar-refractivity contribution in [2.75, 3.05) is 16.8 Å². The zero-order chi connectivity index (χ0) is 20.6. The van der Waals surface area contributed by atoms with Crippen LogP contribution in [0.4, 0.5) is 22.0 Å². The van der Waals surface area contributed by atoms with Crippen LogP contribution in [0.15, 0.2) is 66.9 Å². The second-order valence-electron chi connectivity index (χ2n) is 6.40. The average molecular weight is 390 g/mol. The van der Waals surface area contributed by atoms with Gasteiger partial charge >= 0.3 is 6.03 Å². The van der Waals surface area contributed by atoms with Crippen LogP contribution in [0.5, 0.6) is 0 Å². The fourth-order valence-corrected chi connectivity index (χ4v) is 2.57. The number of benzene rings is 2. The van der Waals surface area contributed by atoms with Crippen LogP contribution < -0.4 is 27.4 Å². The molecule has 148 valence electrons. The molecule has 1 aromatic heterocycles. The van der Waals surface area contributed by atoms with Gasteiger partial charge in [-0.3, -0.25) is 4.79 Å². The van der Waals surface area contributed by atoms with E-state index in [0.29, 0.717) is 35.8 Å². The van der Waals surface area contributed by atoms with E-state index in [-0.39, 0.29) is 11.9 Å². The third-order valence-corrected chi connectivity index (χ3v) is 4.14. The quantitative estimate of drug-likeness (QED) is 0.412. The van der Waals surface area contributed by atoms with E-state index in [4.69, 9.17) is 11.5 Å². The van der Waals surface area contributed by atoms with Gasteiger partial charge in [-0.15, -0.1) is 0 Å². The third kappa shape index (κ3) is 5.96. The number of pyridine rings is 1. The molecule has 3 aromatic rings. The van der Waals surface area contributed by atoms with Gasteiger partial charge in [0.05, 0.1) is 0 Å². The molecule has 8 nitrogen and oxygen atoms in total. The lowest BCUT2D eigenvalue weighted by Gasteiger charge is -2.09. The molecule has 0 fully saturated rings. The van der Waals surface area contributed by atoms with E-state index < -0.39 is 0 Å². The van der Waals surface area contributed by atoms with Crippen LogP contribution in [0.1, 0.15) is 21.5 Å². The molecule has 1 heterocycles. The number of amides is 3. The van der Waals surface area contributed by atoms with Crippen molar-refractivity contribution in [3.8, 4) is 0 Å². The minimum atomic E-state index is -0.279. The summed E-state index contributed by atoms with van der Waals surface area (Å²) in [5.41, 5.74) is 14.8. The molecule has 0 aliphatic rings. The molecule has 0 saturated carbocycles. The van der Waals surface area contributed by atoms with Crippen LogP contribution in [-0.4, -0.2) is 16.9 Å². The predicted molar refractivity (Wildman–Crippen MR) is 113 cm³/mol. The molecule has 0 saturated heterocycles. The highest BCUT2D eigenvalue weighted by Crippen LogP contribution is 2.12. The van der Waals surface area contributed by atoms with Crippen LogP contribution in [0.25, 0.3) is 0 Å². The van der Waals surface area contributed by atoms with Gasteiger partial charge in [-0.25, -0.2) is 9.78 Å². The number of carbonyl (C=O) groups is 2. The number of carbonyl (C=O) groups excluding carboxylic acids is 2. The number of urea groups is 1. The van der Waals surface area contributed by atoms with Crippen molar-refractivity contribution in [2.24, 2.45) is 0 Å². The SMILES string of the molecule is Nc1ccc(CNC(=O)NCc2ccc(C(=O)Nc3ccnc(N)c3)cc2)cc1. The standard InChI is InChI=1S/C21H22N6O2/c22-17-7-3-15(4-8-17)13-26-21(29)25-12-14-1-5-16(6-2-14)20(28)27-18-9-10-24-19(23)11-18/h1-11H,12-13,22H2,(H2,25,26,29)(H3,23,24,27,28).